The van der Waals surface area contributed by atoms with Crippen LogP contribution in [0.2, 0.25) is 0 Å². The molecule has 0 saturated carbocycles. The second-order valence-electron chi connectivity index (χ2n) is 4.18. The van der Waals surface area contributed by atoms with Crippen molar-refractivity contribution in [2.24, 2.45) is 0 Å². The number of hydrogen-bond donors (Lipinski definition) is 2. The molecule has 0 unspecified atom stereocenters. The largest absolute Gasteiger partial charge is 0.465 e. The number of carboxylic acid groups (broad SMARTS) is 1. The normalized spacial score (nSPS) is 10.1. The zero-order valence-corrected chi connectivity index (χ0v) is 10.9. The third kappa shape index (κ3) is 3.96. The number of nitrogens with one attached hydrogen (secondary N) is 1. The minimum absolute atomic E-state index is 0.00207. The molecule has 0 radical (unpaired) electrons. The maximum absolute atomic E-state index is 10.7. The number of rotatable bonds is 5. The standard InChI is InChI=1S/C13H12N4O4/c18-13(19)14-5-4-12-15-7-10(8-16-12)9-2-1-3-11(6-9)17(20)21/h1-3,6-8,14H,4-5H2,(H,18,19). The van der Waals surface area contributed by atoms with E-state index in [0.717, 1.165) is 0 Å². The first kappa shape index (κ1) is 14.4. The Labute approximate surface area is 119 Å². The van der Waals surface area contributed by atoms with Crippen molar-refractivity contribution in [3.63, 3.8) is 0 Å². The number of nitrogens with zero attached hydrogens (tertiary/aromatic N) is 3. The van der Waals surface area contributed by atoms with E-state index in [9.17, 15) is 14.9 Å². The van der Waals surface area contributed by atoms with E-state index in [-0.39, 0.29) is 12.2 Å². The molecule has 0 spiro atoms. The van der Waals surface area contributed by atoms with E-state index in [1.54, 1.807) is 24.5 Å². The highest BCUT2D eigenvalue weighted by Crippen LogP contribution is 2.22. The van der Waals surface area contributed by atoms with Crippen LogP contribution in [0, 0.1) is 10.1 Å². The Morgan fingerprint density at radius 2 is 2.00 bits per heavy atom. The highest BCUT2D eigenvalue weighted by Gasteiger charge is 2.08. The number of nitro groups is 1. The fourth-order valence-electron chi connectivity index (χ4n) is 1.71. The summed E-state index contributed by atoms with van der Waals surface area (Å²) in [7, 11) is 0. The smallest absolute Gasteiger partial charge is 0.404 e. The lowest BCUT2D eigenvalue weighted by Gasteiger charge is -2.03. The number of amides is 1. The van der Waals surface area contributed by atoms with Gasteiger partial charge < -0.3 is 10.4 Å². The number of nitro benzene ring substituents is 1. The zero-order valence-electron chi connectivity index (χ0n) is 10.9. The van der Waals surface area contributed by atoms with Gasteiger partial charge in [0.15, 0.2) is 0 Å². The molecule has 21 heavy (non-hydrogen) atoms. The Kier molecular flexibility index (Phi) is 4.39. The third-order valence-corrected chi connectivity index (χ3v) is 2.72. The molecular weight excluding hydrogens is 276 g/mol. The van der Waals surface area contributed by atoms with Crippen molar-refractivity contribution in [1.82, 2.24) is 15.3 Å². The van der Waals surface area contributed by atoms with Crippen LogP contribution in [-0.2, 0) is 6.42 Å². The zero-order chi connectivity index (χ0) is 15.2. The number of aromatic nitrogens is 2. The van der Waals surface area contributed by atoms with Gasteiger partial charge in [-0.25, -0.2) is 14.8 Å². The van der Waals surface area contributed by atoms with Gasteiger partial charge in [-0.05, 0) is 5.56 Å². The predicted molar refractivity (Wildman–Crippen MR) is 73.9 cm³/mol. The van der Waals surface area contributed by atoms with Crippen LogP contribution in [0.1, 0.15) is 5.82 Å². The first-order valence-electron chi connectivity index (χ1n) is 6.09. The molecule has 2 rings (SSSR count). The van der Waals surface area contributed by atoms with E-state index >= 15 is 0 Å². The molecule has 1 amide bonds. The fraction of sp³-hybridized carbons (Fsp3) is 0.154. The Morgan fingerprint density at radius 1 is 1.29 bits per heavy atom. The van der Waals surface area contributed by atoms with Crippen molar-refractivity contribution in [2.45, 2.75) is 6.42 Å². The predicted octanol–water partition coefficient (Wildman–Crippen LogP) is 1.86. The first-order chi connectivity index (χ1) is 10.1. The molecule has 108 valence electrons. The van der Waals surface area contributed by atoms with E-state index in [4.69, 9.17) is 5.11 Å². The van der Waals surface area contributed by atoms with Gasteiger partial charge in [0.25, 0.3) is 5.69 Å². The molecule has 1 heterocycles. The van der Waals surface area contributed by atoms with E-state index in [2.05, 4.69) is 15.3 Å². The molecule has 0 fully saturated rings. The molecule has 0 atom stereocenters. The summed E-state index contributed by atoms with van der Waals surface area (Å²) in [6.07, 6.45) is 2.40. The monoisotopic (exact) mass is 288 g/mol. The molecule has 1 aromatic heterocycles. The highest BCUT2D eigenvalue weighted by atomic mass is 16.6. The summed E-state index contributed by atoms with van der Waals surface area (Å²) in [5.74, 6) is 0.498. The van der Waals surface area contributed by atoms with Crippen molar-refractivity contribution in [1.29, 1.82) is 0 Å². The molecule has 2 aromatic rings. The second kappa shape index (κ2) is 6.42. The number of benzene rings is 1. The van der Waals surface area contributed by atoms with Gasteiger partial charge >= 0.3 is 6.09 Å². The first-order valence-corrected chi connectivity index (χ1v) is 6.09. The summed E-state index contributed by atoms with van der Waals surface area (Å²) in [5, 5.41) is 21.4. The summed E-state index contributed by atoms with van der Waals surface area (Å²) in [6, 6.07) is 6.19. The van der Waals surface area contributed by atoms with Crippen LogP contribution in [0.5, 0.6) is 0 Å². The Hall–Kier alpha value is -3.03. The van der Waals surface area contributed by atoms with Crippen LogP contribution < -0.4 is 5.32 Å². The van der Waals surface area contributed by atoms with Crippen LogP contribution >= 0.6 is 0 Å². The van der Waals surface area contributed by atoms with Crippen molar-refractivity contribution in [3.05, 3.63) is 52.6 Å². The van der Waals surface area contributed by atoms with Crippen molar-refractivity contribution in [2.75, 3.05) is 6.54 Å². The van der Waals surface area contributed by atoms with Gasteiger partial charge in [0.1, 0.15) is 5.82 Å². The summed E-state index contributed by atoms with van der Waals surface area (Å²) >= 11 is 0. The second-order valence-corrected chi connectivity index (χ2v) is 4.18. The highest BCUT2D eigenvalue weighted by molar-refractivity contribution is 5.65. The lowest BCUT2D eigenvalue weighted by molar-refractivity contribution is -0.384. The minimum Gasteiger partial charge on any atom is -0.465 e. The van der Waals surface area contributed by atoms with Crippen molar-refractivity contribution < 1.29 is 14.8 Å². The van der Waals surface area contributed by atoms with Gasteiger partial charge in [-0.1, -0.05) is 12.1 Å². The Morgan fingerprint density at radius 3 is 2.62 bits per heavy atom. The molecule has 1 aromatic carbocycles. The van der Waals surface area contributed by atoms with Gasteiger partial charge in [-0.3, -0.25) is 10.1 Å². The van der Waals surface area contributed by atoms with Crippen LogP contribution in [0.4, 0.5) is 10.5 Å². The summed E-state index contributed by atoms with van der Waals surface area (Å²) in [5.41, 5.74) is 1.32. The van der Waals surface area contributed by atoms with Crippen molar-refractivity contribution in [3.8, 4) is 11.1 Å². The maximum Gasteiger partial charge on any atom is 0.404 e. The molecule has 8 heteroatoms. The molecule has 0 aliphatic rings. The van der Waals surface area contributed by atoms with Crippen LogP contribution in [0.3, 0.4) is 0 Å². The van der Waals surface area contributed by atoms with Crippen molar-refractivity contribution >= 4 is 11.8 Å². The average molecular weight is 288 g/mol. The third-order valence-electron chi connectivity index (χ3n) is 2.72. The minimum atomic E-state index is -1.09. The summed E-state index contributed by atoms with van der Waals surface area (Å²) < 4.78 is 0. The molecule has 2 N–H and O–H groups in total. The van der Waals surface area contributed by atoms with E-state index in [1.807, 2.05) is 0 Å². The van der Waals surface area contributed by atoms with Crippen LogP contribution in [0.25, 0.3) is 11.1 Å². The summed E-state index contributed by atoms with van der Waals surface area (Å²) in [4.78, 5) is 28.8. The van der Waals surface area contributed by atoms with Gasteiger partial charge in [-0.2, -0.15) is 0 Å². The Bertz CT molecular complexity index is 657. The van der Waals surface area contributed by atoms with E-state index in [1.165, 1.54) is 12.1 Å². The number of carbonyl (C=O) groups is 1. The maximum atomic E-state index is 10.7. The van der Waals surface area contributed by atoms with Crippen LogP contribution in [0.15, 0.2) is 36.7 Å². The molecule has 0 aliphatic heterocycles. The van der Waals surface area contributed by atoms with Crippen LogP contribution in [-0.4, -0.2) is 32.6 Å². The number of hydrogen-bond acceptors (Lipinski definition) is 5. The molecule has 8 nitrogen and oxygen atoms in total. The average Bonchev–Trinajstić information content (AvgIpc) is 2.48. The van der Waals surface area contributed by atoms with Gasteiger partial charge in [0.2, 0.25) is 0 Å². The molecule has 0 bridgehead atoms. The lowest BCUT2D eigenvalue weighted by Crippen LogP contribution is -2.23. The SMILES string of the molecule is O=C(O)NCCc1ncc(-c2cccc([N+](=O)[O-])c2)cn1. The molecule has 0 aliphatic carbocycles. The topological polar surface area (TPSA) is 118 Å². The van der Waals surface area contributed by atoms with Gasteiger partial charge in [-0.15, -0.1) is 0 Å². The lowest BCUT2D eigenvalue weighted by atomic mass is 10.1. The summed E-state index contributed by atoms with van der Waals surface area (Å²) in [6.45, 7) is 0.228. The quantitative estimate of drug-likeness (QED) is 0.640. The van der Waals surface area contributed by atoms with Gasteiger partial charge in [0.05, 0.1) is 4.92 Å². The van der Waals surface area contributed by atoms with Gasteiger partial charge in [0, 0.05) is 43.1 Å². The fourth-order valence-corrected chi connectivity index (χ4v) is 1.71. The number of non-ortho nitro benzene ring substituents is 1. The van der Waals surface area contributed by atoms with E-state index < -0.39 is 11.0 Å². The Balaban J connectivity index is 2.09. The molecular formula is C13H12N4O4. The molecule has 0 saturated heterocycles. The van der Waals surface area contributed by atoms with E-state index in [0.29, 0.717) is 23.4 Å².